The average molecular weight is 260 g/mol. The van der Waals surface area contributed by atoms with E-state index in [0.717, 1.165) is 12.1 Å². The Kier molecular flexibility index (Phi) is 6.69. The molecule has 1 rings (SSSR count). The van der Waals surface area contributed by atoms with Gasteiger partial charge in [-0.1, -0.05) is 11.6 Å². The van der Waals surface area contributed by atoms with Gasteiger partial charge < -0.3 is 10.4 Å². The Morgan fingerprint density at radius 3 is 2.94 bits per heavy atom. The van der Waals surface area contributed by atoms with Crippen LogP contribution in [0.2, 0.25) is 5.02 Å². The lowest BCUT2D eigenvalue weighted by Crippen LogP contribution is -2.14. The highest BCUT2D eigenvalue weighted by molar-refractivity contribution is 7.98. The van der Waals surface area contributed by atoms with Gasteiger partial charge in [0.2, 0.25) is 0 Å². The molecular weight excluding hydrogens is 242 g/mol. The number of hydrogen-bond donors (Lipinski definition) is 2. The van der Waals surface area contributed by atoms with Crippen LogP contribution in [0.15, 0.2) is 18.2 Å². The van der Waals surface area contributed by atoms with Crippen molar-refractivity contribution in [1.82, 2.24) is 5.32 Å². The van der Waals surface area contributed by atoms with E-state index in [0.29, 0.717) is 17.3 Å². The summed E-state index contributed by atoms with van der Waals surface area (Å²) in [5, 5.41) is 13.5. The lowest BCUT2D eigenvalue weighted by atomic mass is 10.2. The summed E-state index contributed by atoms with van der Waals surface area (Å²) in [4.78, 5) is 0. The minimum Gasteiger partial charge on any atom is -0.508 e. The summed E-state index contributed by atoms with van der Waals surface area (Å²) < 4.78 is 0. The van der Waals surface area contributed by atoms with Gasteiger partial charge in [-0.05, 0) is 49.6 Å². The van der Waals surface area contributed by atoms with E-state index in [1.807, 2.05) is 11.8 Å². The van der Waals surface area contributed by atoms with Crippen LogP contribution in [0.5, 0.6) is 5.75 Å². The number of phenols is 1. The first-order valence-electron chi connectivity index (χ1n) is 5.41. The van der Waals surface area contributed by atoms with Gasteiger partial charge in [-0.3, -0.25) is 0 Å². The van der Waals surface area contributed by atoms with Crippen molar-refractivity contribution >= 4 is 23.4 Å². The number of phenolic OH excluding ortho intramolecular Hbond substituents is 1. The zero-order valence-corrected chi connectivity index (χ0v) is 11.1. The van der Waals surface area contributed by atoms with Crippen LogP contribution in [-0.4, -0.2) is 23.7 Å². The molecule has 90 valence electrons. The van der Waals surface area contributed by atoms with Crippen LogP contribution in [0.1, 0.15) is 18.4 Å². The van der Waals surface area contributed by atoms with Crippen molar-refractivity contribution in [2.75, 3.05) is 18.6 Å². The molecule has 2 nitrogen and oxygen atoms in total. The molecule has 0 aromatic heterocycles. The van der Waals surface area contributed by atoms with Gasteiger partial charge in [-0.2, -0.15) is 11.8 Å². The van der Waals surface area contributed by atoms with Gasteiger partial charge >= 0.3 is 0 Å². The van der Waals surface area contributed by atoms with Gasteiger partial charge in [-0.15, -0.1) is 0 Å². The molecule has 0 saturated carbocycles. The molecule has 0 bridgehead atoms. The van der Waals surface area contributed by atoms with E-state index in [4.69, 9.17) is 11.6 Å². The SMILES string of the molecule is CSCCCCNCc1cc(Cl)ccc1O. The number of aromatic hydroxyl groups is 1. The van der Waals surface area contributed by atoms with E-state index >= 15 is 0 Å². The van der Waals surface area contributed by atoms with Gasteiger partial charge in [-0.25, -0.2) is 0 Å². The Bertz CT molecular complexity index is 320. The normalized spacial score (nSPS) is 10.6. The predicted molar refractivity (Wildman–Crippen MR) is 72.4 cm³/mol. The summed E-state index contributed by atoms with van der Waals surface area (Å²) in [6.07, 6.45) is 4.52. The summed E-state index contributed by atoms with van der Waals surface area (Å²) in [6.45, 7) is 1.65. The molecule has 0 atom stereocenters. The van der Waals surface area contributed by atoms with E-state index < -0.39 is 0 Å². The Morgan fingerprint density at radius 2 is 2.19 bits per heavy atom. The third kappa shape index (κ3) is 5.10. The van der Waals surface area contributed by atoms with Crippen LogP contribution in [-0.2, 0) is 6.54 Å². The molecule has 1 aromatic rings. The molecule has 0 fully saturated rings. The second-order valence-electron chi connectivity index (χ2n) is 3.65. The van der Waals surface area contributed by atoms with Gasteiger partial charge in [0.25, 0.3) is 0 Å². The van der Waals surface area contributed by atoms with E-state index in [1.54, 1.807) is 18.2 Å². The zero-order chi connectivity index (χ0) is 11.8. The molecule has 4 heteroatoms. The van der Waals surface area contributed by atoms with Crippen molar-refractivity contribution in [3.05, 3.63) is 28.8 Å². The molecule has 0 aliphatic heterocycles. The average Bonchev–Trinajstić information content (AvgIpc) is 2.28. The Morgan fingerprint density at radius 1 is 1.38 bits per heavy atom. The highest BCUT2D eigenvalue weighted by Gasteiger charge is 2.01. The maximum absolute atomic E-state index is 9.57. The second-order valence-corrected chi connectivity index (χ2v) is 5.07. The first-order chi connectivity index (χ1) is 7.74. The van der Waals surface area contributed by atoms with Crippen LogP contribution in [0, 0.1) is 0 Å². The third-order valence-electron chi connectivity index (χ3n) is 2.31. The Hall–Kier alpha value is -0.380. The molecule has 0 aliphatic carbocycles. The number of halogens is 1. The molecule has 0 unspecified atom stereocenters. The molecule has 0 radical (unpaired) electrons. The first kappa shape index (κ1) is 13.7. The first-order valence-corrected chi connectivity index (χ1v) is 7.18. The molecule has 2 N–H and O–H groups in total. The van der Waals surface area contributed by atoms with Crippen LogP contribution in [0.4, 0.5) is 0 Å². The molecule has 0 saturated heterocycles. The maximum atomic E-state index is 9.57. The number of rotatable bonds is 7. The Labute approximate surface area is 106 Å². The monoisotopic (exact) mass is 259 g/mol. The van der Waals surface area contributed by atoms with Gasteiger partial charge in [0.15, 0.2) is 0 Å². The van der Waals surface area contributed by atoms with Crippen LogP contribution in [0.25, 0.3) is 0 Å². The standard InChI is InChI=1S/C12H18ClNOS/c1-16-7-3-2-6-14-9-10-8-11(13)4-5-12(10)15/h4-5,8,14-15H,2-3,6-7,9H2,1H3. The minimum absolute atomic E-state index is 0.306. The van der Waals surface area contributed by atoms with Crippen molar-refractivity contribution in [3.8, 4) is 5.75 Å². The summed E-state index contributed by atoms with van der Waals surface area (Å²) in [7, 11) is 0. The zero-order valence-electron chi connectivity index (χ0n) is 9.50. The molecule has 0 heterocycles. The summed E-state index contributed by atoms with van der Waals surface area (Å²) in [5.74, 6) is 1.52. The lowest BCUT2D eigenvalue weighted by molar-refractivity contribution is 0.464. The van der Waals surface area contributed by atoms with Crippen molar-refractivity contribution in [3.63, 3.8) is 0 Å². The second kappa shape index (κ2) is 7.82. The van der Waals surface area contributed by atoms with E-state index in [2.05, 4.69) is 11.6 Å². The largest absolute Gasteiger partial charge is 0.508 e. The molecule has 0 spiro atoms. The number of benzene rings is 1. The molecular formula is C12H18ClNOS. The topological polar surface area (TPSA) is 32.3 Å². The lowest BCUT2D eigenvalue weighted by Gasteiger charge is -2.07. The highest BCUT2D eigenvalue weighted by atomic mass is 35.5. The van der Waals surface area contributed by atoms with Gasteiger partial charge in [0.05, 0.1) is 0 Å². The van der Waals surface area contributed by atoms with Crippen LogP contribution < -0.4 is 5.32 Å². The minimum atomic E-state index is 0.306. The highest BCUT2D eigenvalue weighted by Crippen LogP contribution is 2.20. The fourth-order valence-electron chi connectivity index (χ4n) is 1.42. The quantitative estimate of drug-likeness (QED) is 0.737. The summed E-state index contributed by atoms with van der Waals surface area (Å²) in [5.41, 5.74) is 0.859. The fraction of sp³-hybridized carbons (Fsp3) is 0.500. The predicted octanol–water partition coefficient (Wildman–Crippen LogP) is 3.28. The van der Waals surface area contributed by atoms with E-state index in [9.17, 15) is 5.11 Å². The Balaban J connectivity index is 2.23. The van der Waals surface area contributed by atoms with Crippen molar-refractivity contribution in [2.45, 2.75) is 19.4 Å². The van der Waals surface area contributed by atoms with E-state index in [1.165, 1.54) is 18.6 Å². The molecule has 16 heavy (non-hydrogen) atoms. The number of thioether (sulfide) groups is 1. The van der Waals surface area contributed by atoms with Crippen molar-refractivity contribution < 1.29 is 5.11 Å². The number of nitrogens with one attached hydrogen (secondary N) is 1. The van der Waals surface area contributed by atoms with Gasteiger partial charge in [0, 0.05) is 17.1 Å². The van der Waals surface area contributed by atoms with Crippen molar-refractivity contribution in [2.24, 2.45) is 0 Å². The molecule has 1 aromatic carbocycles. The van der Waals surface area contributed by atoms with E-state index in [-0.39, 0.29) is 0 Å². The molecule has 0 aliphatic rings. The number of hydrogen-bond acceptors (Lipinski definition) is 3. The smallest absolute Gasteiger partial charge is 0.120 e. The summed E-state index contributed by atoms with van der Waals surface area (Å²) in [6, 6.07) is 5.12. The van der Waals surface area contributed by atoms with Gasteiger partial charge in [0.1, 0.15) is 5.75 Å². The van der Waals surface area contributed by atoms with Crippen molar-refractivity contribution in [1.29, 1.82) is 0 Å². The summed E-state index contributed by atoms with van der Waals surface area (Å²) >= 11 is 7.73. The maximum Gasteiger partial charge on any atom is 0.120 e. The fourth-order valence-corrected chi connectivity index (χ4v) is 2.10. The van der Waals surface area contributed by atoms with Crippen LogP contribution >= 0.6 is 23.4 Å². The number of unbranched alkanes of at least 4 members (excludes halogenated alkanes) is 1. The molecule has 0 amide bonds. The third-order valence-corrected chi connectivity index (χ3v) is 3.24. The van der Waals surface area contributed by atoms with Crippen LogP contribution in [0.3, 0.4) is 0 Å².